The van der Waals surface area contributed by atoms with Gasteiger partial charge in [-0.25, -0.2) is 4.79 Å². The molecule has 10 heteroatoms. The first kappa shape index (κ1) is 38.3. The SMILES string of the molecule is CC(C)C(C)(C)OC(=O)N[C@@H](Cc1ccccc1)[C@@H](O)C[C@@H](Cc1ccc(OCCN2CCOCC2)cc1)C(=O)N[C@H]1c2ccccc2C[C@H]1O. The van der Waals surface area contributed by atoms with Crippen molar-refractivity contribution in [2.75, 3.05) is 39.5 Å². The van der Waals surface area contributed by atoms with E-state index < -0.39 is 41.9 Å². The van der Waals surface area contributed by atoms with Gasteiger partial charge in [0.2, 0.25) is 5.91 Å². The standard InChI is InChI=1S/C41H55N3O7/c1-28(2)41(3,4)51-40(48)42-35(25-29-10-6-5-7-11-29)36(45)27-32(39(47)43-38-34-13-9-8-12-31(34)26-37(38)46)24-30-14-16-33(17-15-30)50-23-20-44-18-21-49-22-19-44/h5-17,28,32,35-38,45-46H,18-27H2,1-4H3,(H,42,48)(H,43,47)/t32-,35+,36+,37-,38+/m1/s1. The van der Waals surface area contributed by atoms with Gasteiger partial charge in [-0.1, -0.05) is 80.6 Å². The zero-order chi connectivity index (χ0) is 36.4. The fourth-order valence-electron chi connectivity index (χ4n) is 6.57. The number of morpholine rings is 1. The van der Waals surface area contributed by atoms with Gasteiger partial charge in [0.1, 0.15) is 18.0 Å². The minimum Gasteiger partial charge on any atom is -0.492 e. The van der Waals surface area contributed by atoms with E-state index in [0.717, 1.165) is 60.9 Å². The van der Waals surface area contributed by atoms with E-state index >= 15 is 0 Å². The monoisotopic (exact) mass is 701 g/mol. The third-order valence-electron chi connectivity index (χ3n) is 10.4. The summed E-state index contributed by atoms with van der Waals surface area (Å²) in [6.45, 7) is 12.4. The molecular formula is C41H55N3O7. The van der Waals surface area contributed by atoms with Crippen LogP contribution in [0.5, 0.6) is 5.75 Å². The Morgan fingerprint density at radius 1 is 0.941 bits per heavy atom. The van der Waals surface area contributed by atoms with E-state index in [0.29, 0.717) is 25.9 Å². The number of carbonyl (C=O) groups is 2. The molecule has 0 saturated carbocycles. The largest absolute Gasteiger partial charge is 0.492 e. The van der Waals surface area contributed by atoms with Crippen LogP contribution in [-0.4, -0.2) is 90.4 Å². The first-order chi connectivity index (χ1) is 24.5. The molecule has 1 fully saturated rings. The Kier molecular flexibility index (Phi) is 13.5. The Balaban J connectivity index is 1.32. The number of aliphatic hydroxyl groups is 2. The lowest BCUT2D eigenvalue weighted by molar-refractivity contribution is -0.127. The normalized spacial score (nSPS) is 19.5. The Morgan fingerprint density at radius 2 is 1.61 bits per heavy atom. The fraction of sp³-hybridized carbons (Fsp3) is 0.512. The van der Waals surface area contributed by atoms with Crippen LogP contribution < -0.4 is 15.4 Å². The molecular weight excluding hydrogens is 646 g/mol. The Hall–Kier alpha value is -3.96. The molecule has 0 unspecified atom stereocenters. The Morgan fingerprint density at radius 3 is 2.31 bits per heavy atom. The third-order valence-corrected chi connectivity index (χ3v) is 10.4. The smallest absolute Gasteiger partial charge is 0.407 e. The van der Waals surface area contributed by atoms with Crippen molar-refractivity contribution in [2.24, 2.45) is 11.8 Å². The zero-order valence-corrected chi connectivity index (χ0v) is 30.4. The van der Waals surface area contributed by atoms with E-state index in [9.17, 15) is 19.8 Å². The zero-order valence-electron chi connectivity index (χ0n) is 30.4. The second-order valence-corrected chi connectivity index (χ2v) is 14.7. The topological polar surface area (TPSA) is 130 Å². The molecule has 0 aromatic heterocycles. The maximum atomic E-state index is 14.1. The van der Waals surface area contributed by atoms with Gasteiger partial charge in [0, 0.05) is 32.0 Å². The number of alkyl carbamates (subject to hydrolysis) is 1. The number of rotatable bonds is 16. The van der Waals surface area contributed by atoms with E-state index in [1.807, 2.05) is 107 Å². The van der Waals surface area contributed by atoms with Crippen LogP contribution in [0.2, 0.25) is 0 Å². The van der Waals surface area contributed by atoms with Gasteiger partial charge in [-0.05, 0) is 73.4 Å². The first-order valence-electron chi connectivity index (χ1n) is 18.3. The second-order valence-electron chi connectivity index (χ2n) is 14.7. The van der Waals surface area contributed by atoms with Gasteiger partial charge < -0.3 is 35.1 Å². The lowest BCUT2D eigenvalue weighted by atomic mass is 9.88. The molecule has 2 amide bonds. The molecule has 0 spiro atoms. The highest BCUT2D eigenvalue weighted by atomic mass is 16.6. The minimum atomic E-state index is -1.08. The van der Waals surface area contributed by atoms with Gasteiger partial charge in [-0.3, -0.25) is 9.69 Å². The molecule has 3 aromatic carbocycles. The molecule has 1 saturated heterocycles. The molecule has 5 rings (SSSR count). The van der Waals surface area contributed by atoms with Crippen LogP contribution in [0.4, 0.5) is 4.79 Å². The van der Waals surface area contributed by atoms with Crippen molar-refractivity contribution in [3.05, 3.63) is 101 Å². The highest BCUT2D eigenvalue weighted by Crippen LogP contribution is 2.32. The van der Waals surface area contributed by atoms with Crippen molar-refractivity contribution in [1.82, 2.24) is 15.5 Å². The van der Waals surface area contributed by atoms with E-state index in [4.69, 9.17) is 14.2 Å². The van der Waals surface area contributed by atoms with Gasteiger partial charge in [-0.15, -0.1) is 0 Å². The van der Waals surface area contributed by atoms with Crippen LogP contribution in [0.25, 0.3) is 0 Å². The summed E-state index contributed by atoms with van der Waals surface area (Å²) in [6.07, 6.45) is -1.25. The van der Waals surface area contributed by atoms with Crippen molar-refractivity contribution in [3.8, 4) is 5.75 Å². The van der Waals surface area contributed by atoms with Gasteiger partial charge in [0.15, 0.2) is 0 Å². The third kappa shape index (κ3) is 11.0. The number of hydrogen-bond acceptors (Lipinski definition) is 8. The number of hydrogen-bond donors (Lipinski definition) is 4. The van der Waals surface area contributed by atoms with Gasteiger partial charge in [0.05, 0.1) is 37.5 Å². The first-order valence-corrected chi connectivity index (χ1v) is 18.3. The summed E-state index contributed by atoms with van der Waals surface area (Å²) in [5.41, 5.74) is 3.02. The summed E-state index contributed by atoms with van der Waals surface area (Å²) in [5, 5.41) is 28.8. The Bertz CT molecular complexity index is 1540. The lowest BCUT2D eigenvalue weighted by Crippen LogP contribution is -2.49. The van der Waals surface area contributed by atoms with Gasteiger partial charge >= 0.3 is 6.09 Å². The molecule has 0 radical (unpaired) electrons. The van der Waals surface area contributed by atoms with Gasteiger partial charge in [-0.2, -0.15) is 0 Å². The molecule has 1 aliphatic heterocycles. The summed E-state index contributed by atoms with van der Waals surface area (Å²) in [7, 11) is 0. The molecule has 4 N–H and O–H groups in total. The molecule has 5 atom stereocenters. The molecule has 2 aliphatic rings. The van der Waals surface area contributed by atoms with Crippen molar-refractivity contribution in [3.63, 3.8) is 0 Å². The maximum Gasteiger partial charge on any atom is 0.407 e. The molecule has 1 aliphatic carbocycles. The van der Waals surface area contributed by atoms with Crippen molar-refractivity contribution < 1.29 is 34.0 Å². The average molecular weight is 702 g/mol. The summed E-state index contributed by atoms with van der Waals surface area (Å²) in [5.74, 6) is -0.126. The number of amides is 2. The minimum absolute atomic E-state index is 0.0689. The number of ether oxygens (including phenoxy) is 3. The summed E-state index contributed by atoms with van der Waals surface area (Å²) < 4.78 is 17.2. The number of fused-ring (bicyclic) bond motifs is 1. The molecule has 51 heavy (non-hydrogen) atoms. The van der Waals surface area contributed by atoms with E-state index in [1.165, 1.54) is 0 Å². The van der Waals surface area contributed by atoms with Gasteiger partial charge in [0.25, 0.3) is 0 Å². The van der Waals surface area contributed by atoms with E-state index in [1.54, 1.807) is 0 Å². The summed E-state index contributed by atoms with van der Waals surface area (Å²) in [4.78, 5) is 29.6. The molecule has 0 bridgehead atoms. The van der Waals surface area contributed by atoms with Crippen LogP contribution >= 0.6 is 0 Å². The average Bonchev–Trinajstić information content (AvgIpc) is 3.43. The van der Waals surface area contributed by atoms with Crippen LogP contribution in [0, 0.1) is 11.8 Å². The number of carbonyl (C=O) groups excluding carboxylic acids is 2. The second kappa shape index (κ2) is 18.0. The lowest BCUT2D eigenvalue weighted by Gasteiger charge is -2.32. The fourth-order valence-corrected chi connectivity index (χ4v) is 6.57. The van der Waals surface area contributed by atoms with Crippen LogP contribution in [0.3, 0.4) is 0 Å². The molecule has 1 heterocycles. The number of nitrogens with one attached hydrogen (secondary N) is 2. The quantitative estimate of drug-likeness (QED) is 0.167. The van der Waals surface area contributed by atoms with Crippen molar-refractivity contribution in [2.45, 2.75) is 83.3 Å². The van der Waals surface area contributed by atoms with Crippen LogP contribution in [-0.2, 0) is 33.5 Å². The summed E-state index contributed by atoms with van der Waals surface area (Å²) in [6, 6.07) is 23.8. The van der Waals surface area contributed by atoms with Crippen molar-refractivity contribution >= 4 is 12.0 Å². The number of benzene rings is 3. The maximum absolute atomic E-state index is 14.1. The van der Waals surface area contributed by atoms with Crippen LogP contribution in [0.1, 0.15) is 62.4 Å². The van der Waals surface area contributed by atoms with Crippen molar-refractivity contribution in [1.29, 1.82) is 0 Å². The summed E-state index contributed by atoms with van der Waals surface area (Å²) >= 11 is 0. The number of nitrogens with zero attached hydrogens (tertiary/aromatic N) is 1. The van der Waals surface area contributed by atoms with E-state index in [2.05, 4.69) is 15.5 Å². The van der Waals surface area contributed by atoms with E-state index in [-0.39, 0.29) is 18.2 Å². The highest BCUT2D eigenvalue weighted by molar-refractivity contribution is 5.80. The van der Waals surface area contributed by atoms with Crippen LogP contribution in [0.15, 0.2) is 78.9 Å². The highest BCUT2D eigenvalue weighted by Gasteiger charge is 2.36. The molecule has 276 valence electrons. The predicted molar refractivity (Wildman–Crippen MR) is 197 cm³/mol. The number of aliphatic hydroxyl groups excluding tert-OH is 2. The Labute approximate surface area is 302 Å². The predicted octanol–water partition coefficient (Wildman–Crippen LogP) is 4.85. The molecule has 3 aromatic rings. The molecule has 10 nitrogen and oxygen atoms in total.